The van der Waals surface area contributed by atoms with Crippen molar-refractivity contribution in [2.75, 3.05) is 5.32 Å². The van der Waals surface area contributed by atoms with Crippen LogP contribution in [0.15, 0.2) is 40.9 Å². The maximum absolute atomic E-state index is 12.3. The first-order chi connectivity index (χ1) is 9.90. The molecule has 4 nitrogen and oxygen atoms in total. The van der Waals surface area contributed by atoms with Crippen LogP contribution in [-0.4, -0.2) is 17.0 Å². The van der Waals surface area contributed by atoms with Crippen molar-refractivity contribution in [3.05, 3.63) is 62.6 Å². The number of carbonyl (C=O) groups excluding carboxylic acids is 1. The lowest BCUT2D eigenvalue weighted by atomic mass is 10.1. The number of hydrogen-bond donors (Lipinski definition) is 2. The molecule has 2 rings (SSSR count). The highest BCUT2D eigenvalue weighted by molar-refractivity contribution is 9.10. The third kappa shape index (κ3) is 3.43. The van der Waals surface area contributed by atoms with Gasteiger partial charge in [-0.1, -0.05) is 33.6 Å². The molecule has 0 heterocycles. The Morgan fingerprint density at radius 2 is 1.90 bits per heavy atom. The summed E-state index contributed by atoms with van der Waals surface area (Å²) < 4.78 is 0.672. The van der Waals surface area contributed by atoms with E-state index in [2.05, 4.69) is 21.2 Å². The van der Waals surface area contributed by atoms with E-state index in [0.717, 1.165) is 0 Å². The average molecular weight is 369 g/mol. The molecule has 0 aromatic heterocycles. The standard InChI is InChI=1S/C15H11BrClNO3/c1-8-10(3-2-4-12(8)17)14(19)18-13-7-9(16)5-6-11(13)15(20)21/h2-7H,1H3,(H,18,19)(H,20,21). The summed E-state index contributed by atoms with van der Waals surface area (Å²) in [6.45, 7) is 1.73. The number of carbonyl (C=O) groups is 2. The van der Waals surface area contributed by atoms with Crippen LogP contribution in [0.25, 0.3) is 0 Å². The van der Waals surface area contributed by atoms with E-state index < -0.39 is 11.9 Å². The molecule has 0 spiro atoms. The number of hydrogen-bond acceptors (Lipinski definition) is 2. The van der Waals surface area contributed by atoms with Gasteiger partial charge in [0.1, 0.15) is 0 Å². The number of anilines is 1. The second kappa shape index (κ2) is 6.28. The average Bonchev–Trinajstić information content (AvgIpc) is 2.41. The quantitative estimate of drug-likeness (QED) is 0.846. The third-order valence-corrected chi connectivity index (χ3v) is 3.88. The summed E-state index contributed by atoms with van der Waals surface area (Å²) in [5, 5.41) is 12.2. The van der Waals surface area contributed by atoms with Gasteiger partial charge in [0.15, 0.2) is 0 Å². The predicted octanol–water partition coefficient (Wildman–Crippen LogP) is 4.36. The van der Waals surface area contributed by atoms with Crippen molar-refractivity contribution in [1.82, 2.24) is 0 Å². The van der Waals surface area contributed by atoms with Gasteiger partial charge in [0.2, 0.25) is 0 Å². The van der Waals surface area contributed by atoms with Crippen molar-refractivity contribution in [1.29, 1.82) is 0 Å². The minimum absolute atomic E-state index is 0.0197. The SMILES string of the molecule is Cc1c(Cl)cccc1C(=O)Nc1cc(Br)ccc1C(=O)O. The monoisotopic (exact) mass is 367 g/mol. The maximum Gasteiger partial charge on any atom is 0.337 e. The summed E-state index contributed by atoms with van der Waals surface area (Å²) in [5.41, 5.74) is 1.29. The maximum atomic E-state index is 12.3. The highest BCUT2D eigenvalue weighted by atomic mass is 79.9. The summed E-state index contributed by atoms with van der Waals surface area (Å²) in [6, 6.07) is 9.56. The van der Waals surface area contributed by atoms with Gasteiger partial charge >= 0.3 is 5.97 Å². The Kier molecular flexibility index (Phi) is 4.65. The molecular weight excluding hydrogens is 358 g/mol. The molecule has 0 atom stereocenters. The van der Waals surface area contributed by atoms with Crippen molar-refractivity contribution in [2.24, 2.45) is 0 Å². The first-order valence-corrected chi connectivity index (χ1v) is 7.16. The number of aromatic carboxylic acids is 1. The summed E-state index contributed by atoms with van der Waals surface area (Å²) in [5.74, 6) is -1.52. The largest absolute Gasteiger partial charge is 0.478 e. The Bertz CT molecular complexity index is 731. The van der Waals surface area contributed by atoms with E-state index >= 15 is 0 Å². The summed E-state index contributed by atoms with van der Waals surface area (Å²) in [7, 11) is 0. The van der Waals surface area contributed by atoms with Crippen molar-refractivity contribution in [3.8, 4) is 0 Å². The van der Waals surface area contributed by atoms with Gasteiger partial charge in [-0.2, -0.15) is 0 Å². The van der Waals surface area contributed by atoms with Crippen LogP contribution in [0.2, 0.25) is 5.02 Å². The zero-order chi connectivity index (χ0) is 15.6. The van der Waals surface area contributed by atoms with Gasteiger partial charge in [-0.3, -0.25) is 4.79 Å². The van der Waals surface area contributed by atoms with E-state index in [1.807, 2.05) is 0 Å². The fraction of sp³-hybridized carbons (Fsp3) is 0.0667. The number of carboxylic acids is 1. The molecule has 0 aliphatic carbocycles. The Hall–Kier alpha value is -1.85. The molecule has 0 aliphatic heterocycles. The Morgan fingerprint density at radius 1 is 1.19 bits per heavy atom. The van der Waals surface area contributed by atoms with Crippen LogP contribution in [0, 0.1) is 6.92 Å². The van der Waals surface area contributed by atoms with Gasteiger partial charge in [-0.05, 0) is 42.8 Å². The molecule has 0 aliphatic rings. The fourth-order valence-corrected chi connectivity index (χ4v) is 2.39. The molecule has 0 fully saturated rings. The first kappa shape index (κ1) is 15.5. The zero-order valence-electron chi connectivity index (χ0n) is 11.0. The lowest BCUT2D eigenvalue weighted by Gasteiger charge is -2.11. The van der Waals surface area contributed by atoms with E-state index in [4.69, 9.17) is 16.7 Å². The normalized spacial score (nSPS) is 10.2. The molecule has 2 N–H and O–H groups in total. The molecule has 6 heteroatoms. The predicted molar refractivity (Wildman–Crippen MR) is 85.2 cm³/mol. The second-order valence-electron chi connectivity index (χ2n) is 4.36. The van der Waals surface area contributed by atoms with Crippen LogP contribution in [0.4, 0.5) is 5.69 Å². The van der Waals surface area contributed by atoms with Gasteiger partial charge in [0, 0.05) is 15.1 Å². The minimum atomic E-state index is -1.11. The van der Waals surface area contributed by atoms with Crippen molar-refractivity contribution in [3.63, 3.8) is 0 Å². The molecule has 21 heavy (non-hydrogen) atoms. The minimum Gasteiger partial charge on any atom is -0.478 e. The van der Waals surface area contributed by atoms with Gasteiger partial charge in [-0.25, -0.2) is 4.79 Å². The Balaban J connectivity index is 2.38. The first-order valence-electron chi connectivity index (χ1n) is 5.99. The molecule has 0 unspecified atom stereocenters. The van der Waals surface area contributed by atoms with Crippen molar-refractivity contribution < 1.29 is 14.7 Å². The van der Waals surface area contributed by atoms with Crippen LogP contribution in [0.5, 0.6) is 0 Å². The lowest BCUT2D eigenvalue weighted by Crippen LogP contribution is -2.16. The smallest absolute Gasteiger partial charge is 0.337 e. The summed E-state index contributed by atoms with van der Waals surface area (Å²) in [6.07, 6.45) is 0. The van der Waals surface area contributed by atoms with E-state index in [1.54, 1.807) is 37.3 Å². The topological polar surface area (TPSA) is 66.4 Å². The van der Waals surface area contributed by atoms with E-state index in [9.17, 15) is 9.59 Å². The lowest BCUT2D eigenvalue weighted by molar-refractivity contribution is 0.0698. The van der Waals surface area contributed by atoms with Crippen LogP contribution in [0.3, 0.4) is 0 Å². The van der Waals surface area contributed by atoms with Crippen LogP contribution < -0.4 is 5.32 Å². The van der Waals surface area contributed by atoms with E-state index in [1.165, 1.54) is 6.07 Å². The summed E-state index contributed by atoms with van der Waals surface area (Å²) >= 11 is 9.24. The molecule has 2 aromatic carbocycles. The number of benzene rings is 2. The number of amides is 1. The van der Waals surface area contributed by atoms with Crippen molar-refractivity contribution >= 4 is 45.1 Å². The van der Waals surface area contributed by atoms with Crippen LogP contribution in [0.1, 0.15) is 26.3 Å². The molecule has 2 aromatic rings. The van der Waals surface area contributed by atoms with E-state index in [0.29, 0.717) is 20.6 Å². The molecule has 0 saturated carbocycles. The Labute approximate surface area is 134 Å². The highest BCUT2D eigenvalue weighted by Crippen LogP contribution is 2.24. The molecule has 1 amide bonds. The van der Waals surface area contributed by atoms with Crippen LogP contribution in [-0.2, 0) is 0 Å². The molecular formula is C15H11BrClNO3. The molecule has 0 bridgehead atoms. The van der Waals surface area contributed by atoms with Gasteiger partial charge in [-0.15, -0.1) is 0 Å². The zero-order valence-corrected chi connectivity index (χ0v) is 13.3. The summed E-state index contributed by atoms with van der Waals surface area (Å²) in [4.78, 5) is 23.5. The van der Waals surface area contributed by atoms with Crippen LogP contribution >= 0.6 is 27.5 Å². The third-order valence-electron chi connectivity index (χ3n) is 2.97. The second-order valence-corrected chi connectivity index (χ2v) is 5.68. The van der Waals surface area contributed by atoms with Crippen molar-refractivity contribution in [2.45, 2.75) is 6.92 Å². The van der Waals surface area contributed by atoms with E-state index in [-0.39, 0.29) is 11.3 Å². The van der Waals surface area contributed by atoms with Gasteiger partial charge in [0.25, 0.3) is 5.91 Å². The number of carboxylic acid groups (broad SMARTS) is 1. The Morgan fingerprint density at radius 3 is 2.57 bits per heavy atom. The van der Waals surface area contributed by atoms with Gasteiger partial charge < -0.3 is 10.4 Å². The fourth-order valence-electron chi connectivity index (χ4n) is 1.85. The van der Waals surface area contributed by atoms with Gasteiger partial charge in [0.05, 0.1) is 11.3 Å². The highest BCUT2D eigenvalue weighted by Gasteiger charge is 2.16. The molecule has 108 valence electrons. The number of nitrogens with one attached hydrogen (secondary N) is 1. The molecule has 0 radical (unpaired) electrons. The number of rotatable bonds is 3. The number of halogens is 2. The molecule has 0 saturated heterocycles.